The number of nitrogens with zero attached hydrogens (tertiary/aromatic N) is 4. The first-order valence-corrected chi connectivity index (χ1v) is 13.2. The molecule has 0 unspecified atom stereocenters. The van der Waals surface area contributed by atoms with Crippen molar-refractivity contribution in [3.8, 4) is 29.0 Å². The Morgan fingerprint density at radius 3 is 2.56 bits per heavy atom. The summed E-state index contributed by atoms with van der Waals surface area (Å²) in [6, 6.07) is 19.2. The van der Waals surface area contributed by atoms with Crippen molar-refractivity contribution in [2.45, 2.75) is 19.6 Å². The first-order valence-electron chi connectivity index (χ1n) is 13.2. The molecule has 43 heavy (non-hydrogen) atoms. The third kappa shape index (κ3) is 6.14. The van der Waals surface area contributed by atoms with Crippen molar-refractivity contribution in [2.24, 2.45) is 0 Å². The van der Waals surface area contributed by atoms with Crippen LogP contribution < -0.4 is 9.47 Å². The van der Waals surface area contributed by atoms with Crippen molar-refractivity contribution >= 4 is 17.0 Å². The molecule has 3 aromatic carbocycles. The second-order valence-corrected chi connectivity index (χ2v) is 9.55. The third-order valence-electron chi connectivity index (χ3n) is 6.89. The fourth-order valence-electron chi connectivity index (χ4n) is 4.72. The number of benzene rings is 3. The van der Waals surface area contributed by atoms with Crippen molar-refractivity contribution in [2.75, 3.05) is 20.8 Å². The van der Waals surface area contributed by atoms with Gasteiger partial charge in [0.1, 0.15) is 24.3 Å². The van der Waals surface area contributed by atoms with Crippen LogP contribution in [0.4, 0.5) is 8.78 Å². The Morgan fingerprint density at radius 2 is 1.84 bits per heavy atom. The quantitative estimate of drug-likeness (QED) is 0.208. The summed E-state index contributed by atoms with van der Waals surface area (Å²) < 4.78 is 47.8. The highest BCUT2D eigenvalue weighted by Crippen LogP contribution is 2.28. The molecule has 2 heterocycles. The second kappa shape index (κ2) is 12.7. The van der Waals surface area contributed by atoms with Crippen molar-refractivity contribution in [3.63, 3.8) is 0 Å². The number of hydrogen-bond acceptors (Lipinski definition) is 7. The van der Waals surface area contributed by atoms with Crippen LogP contribution in [0, 0.1) is 23.0 Å². The van der Waals surface area contributed by atoms with Crippen molar-refractivity contribution in [1.82, 2.24) is 14.5 Å². The van der Waals surface area contributed by atoms with Gasteiger partial charge in [-0.05, 0) is 42.0 Å². The number of hydrogen-bond donors (Lipinski definition) is 1. The summed E-state index contributed by atoms with van der Waals surface area (Å²) in [5.74, 6) is -1.53. The van der Waals surface area contributed by atoms with Gasteiger partial charge in [-0.3, -0.25) is 0 Å². The van der Waals surface area contributed by atoms with Crippen LogP contribution in [0.15, 0.2) is 66.7 Å². The van der Waals surface area contributed by atoms with E-state index < -0.39 is 17.6 Å². The van der Waals surface area contributed by atoms with Gasteiger partial charge >= 0.3 is 5.97 Å². The van der Waals surface area contributed by atoms with Crippen LogP contribution in [-0.2, 0) is 24.3 Å². The number of aromatic carboxylic acids is 1. The number of nitriles is 1. The van der Waals surface area contributed by atoms with Gasteiger partial charge in [-0.25, -0.2) is 23.5 Å². The van der Waals surface area contributed by atoms with Crippen LogP contribution in [0.1, 0.15) is 32.9 Å². The maximum Gasteiger partial charge on any atom is 0.335 e. The molecule has 0 fully saturated rings. The zero-order valence-electron chi connectivity index (χ0n) is 23.3. The predicted molar refractivity (Wildman–Crippen MR) is 153 cm³/mol. The Hall–Kier alpha value is -5.34. The fourth-order valence-corrected chi connectivity index (χ4v) is 4.72. The molecule has 5 rings (SSSR count). The van der Waals surface area contributed by atoms with Gasteiger partial charge in [0.25, 0.3) is 0 Å². The molecule has 0 saturated carbocycles. The molecule has 0 atom stereocenters. The van der Waals surface area contributed by atoms with E-state index in [0.717, 1.165) is 0 Å². The fraction of sp³-hybridized carbons (Fsp3) is 0.188. The molecule has 0 saturated heterocycles. The summed E-state index contributed by atoms with van der Waals surface area (Å²) in [6.45, 7) is 0.727. The molecule has 5 aromatic rings. The summed E-state index contributed by atoms with van der Waals surface area (Å²) in [5, 5.41) is 18.5. The van der Waals surface area contributed by atoms with Crippen LogP contribution in [0.25, 0.3) is 22.3 Å². The van der Waals surface area contributed by atoms with Gasteiger partial charge < -0.3 is 23.9 Å². The summed E-state index contributed by atoms with van der Waals surface area (Å²) >= 11 is 0. The summed E-state index contributed by atoms with van der Waals surface area (Å²) in [7, 11) is 2.88. The molecule has 0 amide bonds. The SMILES string of the molecule is COCCn1c(Cc2ccc(-c3cccc(OCc4ccc(C#N)c(F)c4OC)n3)cc2F)nc2ccc(C(=O)O)cc21. The zero-order chi connectivity index (χ0) is 30.5. The molecule has 11 heteroatoms. The van der Waals surface area contributed by atoms with Gasteiger partial charge in [0.05, 0.1) is 41.6 Å². The monoisotopic (exact) mass is 584 g/mol. The van der Waals surface area contributed by atoms with E-state index in [1.807, 2.05) is 4.57 Å². The maximum absolute atomic E-state index is 15.4. The number of aromatic nitrogens is 3. The van der Waals surface area contributed by atoms with Crippen molar-refractivity contribution in [3.05, 3.63) is 106 Å². The van der Waals surface area contributed by atoms with E-state index >= 15 is 4.39 Å². The van der Waals surface area contributed by atoms with Crippen LogP contribution in [0.2, 0.25) is 0 Å². The summed E-state index contributed by atoms with van der Waals surface area (Å²) in [4.78, 5) is 20.6. The Balaban J connectivity index is 1.37. The molecule has 9 nitrogen and oxygen atoms in total. The molecular formula is C32H26F2N4O5. The lowest BCUT2D eigenvalue weighted by molar-refractivity contribution is 0.0697. The summed E-state index contributed by atoms with van der Waals surface area (Å²) in [5.41, 5.74) is 3.03. The van der Waals surface area contributed by atoms with Gasteiger partial charge in [-0.15, -0.1) is 0 Å². The molecule has 0 radical (unpaired) electrons. The number of carboxylic acids is 1. The largest absolute Gasteiger partial charge is 0.493 e. The van der Waals surface area contributed by atoms with E-state index in [1.54, 1.807) is 61.7 Å². The van der Waals surface area contributed by atoms with Crippen LogP contribution in [0.3, 0.4) is 0 Å². The number of pyridine rings is 1. The number of ether oxygens (including phenoxy) is 3. The molecule has 0 spiro atoms. The highest BCUT2D eigenvalue weighted by molar-refractivity contribution is 5.92. The van der Waals surface area contributed by atoms with Gasteiger partial charge in [0, 0.05) is 37.3 Å². The van der Waals surface area contributed by atoms with Crippen molar-refractivity contribution < 1.29 is 32.9 Å². The average molecular weight is 585 g/mol. The first kappa shape index (κ1) is 29.2. The standard InChI is InChI=1S/C32H26F2N4O5/c1-41-13-12-38-27-15-21(32(39)40)10-11-26(27)36-28(38)16-19-6-7-20(14-24(19)33)25-4-3-5-29(37-25)43-18-23-9-8-22(17-35)30(34)31(23)42-2/h3-11,14-15H,12-13,16,18H2,1-2H3,(H,39,40). The smallest absolute Gasteiger partial charge is 0.335 e. The van der Waals surface area contributed by atoms with Crippen LogP contribution in [0.5, 0.6) is 11.6 Å². The van der Waals surface area contributed by atoms with Gasteiger partial charge in [0.15, 0.2) is 11.6 Å². The summed E-state index contributed by atoms with van der Waals surface area (Å²) in [6.07, 6.45) is 0.173. The van der Waals surface area contributed by atoms with E-state index in [4.69, 9.17) is 19.5 Å². The number of fused-ring (bicyclic) bond motifs is 1. The Kier molecular flexibility index (Phi) is 8.59. The normalized spacial score (nSPS) is 11.0. The Labute approximate surface area is 245 Å². The number of carboxylic acid groups (broad SMARTS) is 1. The maximum atomic E-state index is 15.4. The van der Waals surface area contributed by atoms with E-state index in [0.29, 0.717) is 52.4 Å². The number of halogens is 2. The Bertz CT molecular complexity index is 1870. The molecule has 0 aliphatic carbocycles. The van der Waals surface area contributed by atoms with Crippen LogP contribution in [-0.4, -0.2) is 46.4 Å². The highest BCUT2D eigenvalue weighted by Gasteiger charge is 2.17. The number of rotatable bonds is 11. The lowest BCUT2D eigenvalue weighted by Crippen LogP contribution is -2.10. The first-order chi connectivity index (χ1) is 20.8. The molecule has 0 aliphatic heterocycles. The van der Waals surface area contributed by atoms with Gasteiger partial charge in [0.2, 0.25) is 5.88 Å². The second-order valence-electron chi connectivity index (χ2n) is 9.55. The third-order valence-corrected chi connectivity index (χ3v) is 6.89. The lowest BCUT2D eigenvalue weighted by Gasteiger charge is -2.12. The minimum Gasteiger partial charge on any atom is -0.493 e. The molecule has 218 valence electrons. The molecule has 2 aromatic heterocycles. The van der Waals surface area contributed by atoms with E-state index in [2.05, 4.69) is 9.97 Å². The predicted octanol–water partition coefficient (Wildman–Crippen LogP) is 5.77. The number of imidazole rings is 1. The molecule has 1 N–H and O–H groups in total. The lowest BCUT2D eigenvalue weighted by atomic mass is 10.1. The van der Waals surface area contributed by atoms with E-state index in [1.165, 1.54) is 25.3 Å². The van der Waals surface area contributed by atoms with Gasteiger partial charge in [-0.2, -0.15) is 5.26 Å². The van der Waals surface area contributed by atoms with Crippen LogP contribution >= 0.6 is 0 Å². The topological polar surface area (TPSA) is 119 Å². The van der Waals surface area contributed by atoms with E-state index in [9.17, 15) is 14.3 Å². The minimum absolute atomic E-state index is 0.0619. The molecular weight excluding hydrogens is 558 g/mol. The van der Waals surface area contributed by atoms with Gasteiger partial charge in [-0.1, -0.05) is 24.3 Å². The molecule has 0 aliphatic rings. The minimum atomic E-state index is -1.05. The average Bonchev–Trinajstić information content (AvgIpc) is 3.36. The zero-order valence-corrected chi connectivity index (χ0v) is 23.3. The number of methoxy groups -OCH3 is 2. The van der Waals surface area contributed by atoms with E-state index in [-0.39, 0.29) is 35.8 Å². The van der Waals surface area contributed by atoms with Crippen molar-refractivity contribution in [1.29, 1.82) is 5.26 Å². The molecule has 0 bridgehead atoms. The highest BCUT2D eigenvalue weighted by atomic mass is 19.1. The Morgan fingerprint density at radius 1 is 1.02 bits per heavy atom. The number of carbonyl (C=O) groups is 1.